The van der Waals surface area contributed by atoms with Gasteiger partial charge in [0.05, 0.1) is 0 Å². The molecular weight excluding hydrogens is 148 g/mol. The molecule has 2 aliphatic rings. The molecule has 0 aromatic rings. The molecule has 2 heteroatoms. The molecule has 2 fully saturated rings. The van der Waals surface area contributed by atoms with Crippen LogP contribution in [0.25, 0.3) is 0 Å². The zero-order valence-corrected chi connectivity index (χ0v) is 8.13. The zero-order valence-electron chi connectivity index (χ0n) is 8.13. The normalized spacial score (nSPS) is 26.5. The lowest BCUT2D eigenvalue weighted by Gasteiger charge is -2.34. The van der Waals surface area contributed by atoms with Crippen LogP contribution in [0.2, 0.25) is 0 Å². The average molecular weight is 168 g/mol. The minimum absolute atomic E-state index is 1.02. The van der Waals surface area contributed by atoms with E-state index in [1.807, 2.05) is 0 Å². The molecule has 1 aliphatic carbocycles. The molecule has 70 valence electrons. The highest BCUT2D eigenvalue weighted by molar-refractivity contribution is 4.76. The van der Waals surface area contributed by atoms with Crippen LogP contribution in [-0.4, -0.2) is 36.7 Å². The lowest BCUT2D eigenvalue weighted by molar-refractivity contribution is -0.0197. The average Bonchev–Trinajstić information content (AvgIpc) is 2.90. The molecule has 0 aromatic heterocycles. The Morgan fingerprint density at radius 3 is 2.42 bits per heavy atom. The minimum atomic E-state index is 1.02. The van der Waals surface area contributed by atoms with Crippen molar-refractivity contribution < 1.29 is 0 Å². The van der Waals surface area contributed by atoms with Crippen molar-refractivity contribution in [1.29, 1.82) is 0 Å². The Morgan fingerprint density at radius 1 is 1.17 bits per heavy atom. The van der Waals surface area contributed by atoms with Crippen molar-refractivity contribution in [3.05, 3.63) is 0 Å². The first kappa shape index (κ1) is 8.52. The molecule has 0 atom stereocenters. The molecule has 0 N–H and O–H groups in total. The third-order valence-electron chi connectivity index (χ3n) is 3.03. The molecule has 0 aromatic carbocycles. The van der Waals surface area contributed by atoms with Crippen molar-refractivity contribution in [2.24, 2.45) is 5.92 Å². The standard InChI is InChI=1S/C10H20N2/c1-11(9-10-5-6-10)12-7-3-2-4-8-12/h10H,2-9H2,1H3. The van der Waals surface area contributed by atoms with Crippen molar-refractivity contribution in [3.63, 3.8) is 0 Å². The van der Waals surface area contributed by atoms with Gasteiger partial charge in [0.15, 0.2) is 0 Å². The molecular formula is C10H20N2. The van der Waals surface area contributed by atoms with Gasteiger partial charge in [-0.25, -0.2) is 10.0 Å². The van der Waals surface area contributed by atoms with E-state index in [0.717, 1.165) is 5.92 Å². The Hall–Kier alpha value is -0.0800. The zero-order chi connectivity index (χ0) is 8.39. The van der Waals surface area contributed by atoms with Gasteiger partial charge >= 0.3 is 0 Å². The van der Waals surface area contributed by atoms with E-state index >= 15 is 0 Å². The number of hydrogen-bond donors (Lipinski definition) is 0. The second-order valence-corrected chi connectivity index (χ2v) is 4.30. The third-order valence-corrected chi connectivity index (χ3v) is 3.03. The topological polar surface area (TPSA) is 6.48 Å². The molecule has 0 radical (unpaired) electrons. The predicted octanol–water partition coefficient (Wildman–Crippen LogP) is 1.73. The van der Waals surface area contributed by atoms with Crippen molar-refractivity contribution in [2.45, 2.75) is 32.1 Å². The Kier molecular flexibility index (Phi) is 2.66. The van der Waals surface area contributed by atoms with Crippen LogP contribution in [0.1, 0.15) is 32.1 Å². The van der Waals surface area contributed by atoms with Crippen LogP contribution in [0.15, 0.2) is 0 Å². The molecule has 0 unspecified atom stereocenters. The van der Waals surface area contributed by atoms with Gasteiger partial charge in [-0.2, -0.15) is 0 Å². The van der Waals surface area contributed by atoms with Crippen LogP contribution in [0, 0.1) is 5.92 Å². The fraction of sp³-hybridized carbons (Fsp3) is 1.00. The van der Waals surface area contributed by atoms with E-state index < -0.39 is 0 Å². The maximum absolute atomic E-state index is 2.53. The summed E-state index contributed by atoms with van der Waals surface area (Å²) in [5.41, 5.74) is 0. The fourth-order valence-corrected chi connectivity index (χ4v) is 2.01. The number of hydrazine groups is 1. The summed E-state index contributed by atoms with van der Waals surface area (Å²) >= 11 is 0. The maximum Gasteiger partial charge on any atom is 0.0158 e. The molecule has 1 saturated carbocycles. The number of hydrogen-bond acceptors (Lipinski definition) is 2. The lowest BCUT2D eigenvalue weighted by Crippen LogP contribution is -2.43. The Bertz CT molecular complexity index is 137. The molecule has 1 heterocycles. The molecule has 1 aliphatic heterocycles. The van der Waals surface area contributed by atoms with Gasteiger partial charge in [-0.15, -0.1) is 0 Å². The van der Waals surface area contributed by atoms with Crippen LogP contribution in [-0.2, 0) is 0 Å². The quantitative estimate of drug-likeness (QED) is 0.633. The second kappa shape index (κ2) is 3.75. The monoisotopic (exact) mass is 168 g/mol. The van der Waals surface area contributed by atoms with Crippen LogP contribution >= 0.6 is 0 Å². The first-order valence-corrected chi connectivity index (χ1v) is 5.32. The summed E-state index contributed by atoms with van der Waals surface area (Å²) in [6, 6.07) is 0. The van der Waals surface area contributed by atoms with Crippen molar-refractivity contribution >= 4 is 0 Å². The van der Waals surface area contributed by atoms with Crippen LogP contribution in [0.3, 0.4) is 0 Å². The Balaban J connectivity index is 1.72. The fourth-order valence-electron chi connectivity index (χ4n) is 2.01. The number of rotatable bonds is 3. The highest BCUT2D eigenvalue weighted by atomic mass is 15.6. The smallest absolute Gasteiger partial charge is 0.0158 e. The van der Waals surface area contributed by atoms with Gasteiger partial charge in [0, 0.05) is 26.7 Å². The lowest BCUT2D eigenvalue weighted by atomic mass is 10.2. The minimum Gasteiger partial charge on any atom is -0.245 e. The second-order valence-electron chi connectivity index (χ2n) is 4.30. The molecule has 2 nitrogen and oxygen atoms in total. The van der Waals surface area contributed by atoms with E-state index in [4.69, 9.17) is 0 Å². The van der Waals surface area contributed by atoms with Crippen molar-refractivity contribution in [2.75, 3.05) is 26.7 Å². The van der Waals surface area contributed by atoms with E-state index in [1.54, 1.807) is 0 Å². The van der Waals surface area contributed by atoms with Gasteiger partial charge in [0.1, 0.15) is 0 Å². The summed E-state index contributed by atoms with van der Waals surface area (Å²) in [5, 5.41) is 4.98. The first-order valence-electron chi connectivity index (χ1n) is 5.32. The number of nitrogens with zero attached hydrogens (tertiary/aromatic N) is 2. The predicted molar refractivity (Wildman–Crippen MR) is 50.8 cm³/mol. The van der Waals surface area contributed by atoms with Gasteiger partial charge in [0.2, 0.25) is 0 Å². The van der Waals surface area contributed by atoms with Crippen LogP contribution in [0.5, 0.6) is 0 Å². The highest BCUT2D eigenvalue weighted by Gasteiger charge is 2.25. The summed E-state index contributed by atoms with van der Waals surface area (Å²) in [6.07, 6.45) is 7.17. The van der Waals surface area contributed by atoms with Gasteiger partial charge < -0.3 is 0 Å². The largest absolute Gasteiger partial charge is 0.245 e. The molecule has 1 saturated heterocycles. The van der Waals surface area contributed by atoms with Gasteiger partial charge in [0.25, 0.3) is 0 Å². The molecule has 2 rings (SSSR count). The summed E-state index contributed by atoms with van der Waals surface area (Å²) in [5.74, 6) is 1.02. The van der Waals surface area contributed by atoms with E-state index in [-0.39, 0.29) is 0 Å². The summed E-state index contributed by atoms with van der Waals surface area (Å²) in [7, 11) is 2.25. The third kappa shape index (κ3) is 2.20. The summed E-state index contributed by atoms with van der Waals surface area (Å²) in [4.78, 5) is 0. The van der Waals surface area contributed by atoms with E-state index in [2.05, 4.69) is 17.1 Å². The van der Waals surface area contributed by atoms with Gasteiger partial charge in [-0.05, 0) is 31.6 Å². The van der Waals surface area contributed by atoms with E-state index in [9.17, 15) is 0 Å². The molecule has 0 amide bonds. The SMILES string of the molecule is CN(CC1CC1)N1CCCCC1. The van der Waals surface area contributed by atoms with Crippen molar-refractivity contribution in [1.82, 2.24) is 10.0 Å². The van der Waals surface area contributed by atoms with Gasteiger partial charge in [-0.1, -0.05) is 6.42 Å². The van der Waals surface area contributed by atoms with Crippen LogP contribution < -0.4 is 0 Å². The molecule has 0 spiro atoms. The van der Waals surface area contributed by atoms with E-state index in [1.165, 1.54) is 51.7 Å². The molecule has 0 bridgehead atoms. The van der Waals surface area contributed by atoms with Crippen LogP contribution in [0.4, 0.5) is 0 Å². The first-order chi connectivity index (χ1) is 5.86. The van der Waals surface area contributed by atoms with E-state index in [0.29, 0.717) is 0 Å². The molecule has 12 heavy (non-hydrogen) atoms. The number of piperidine rings is 1. The highest BCUT2D eigenvalue weighted by Crippen LogP contribution is 2.29. The summed E-state index contributed by atoms with van der Waals surface area (Å²) < 4.78 is 0. The van der Waals surface area contributed by atoms with Crippen molar-refractivity contribution in [3.8, 4) is 0 Å². The Labute approximate surface area is 75.5 Å². The summed E-state index contributed by atoms with van der Waals surface area (Å²) in [6.45, 7) is 3.90. The Morgan fingerprint density at radius 2 is 1.83 bits per heavy atom. The maximum atomic E-state index is 2.53. The van der Waals surface area contributed by atoms with Gasteiger partial charge in [-0.3, -0.25) is 0 Å².